The number of aryl methyl sites for hydroxylation is 2. The van der Waals surface area contributed by atoms with Gasteiger partial charge >= 0.3 is 0 Å². The number of nitrogens with zero attached hydrogens (tertiary/aromatic N) is 1. The van der Waals surface area contributed by atoms with E-state index in [1.54, 1.807) is 0 Å². The first-order valence-electron chi connectivity index (χ1n) is 5.38. The van der Waals surface area contributed by atoms with E-state index in [4.69, 9.17) is 5.26 Å². The van der Waals surface area contributed by atoms with E-state index in [9.17, 15) is 0 Å². The Morgan fingerprint density at radius 1 is 1.07 bits per heavy atom. The van der Waals surface area contributed by atoms with E-state index in [0.29, 0.717) is 6.42 Å². The third kappa shape index (κ3) is 1.96. The van der Waals surface area contributed by atoms with Gasteiger partial charge in [-0.1, -0.05) is 24.6 Å². The summed E-state index contributed by atoms with van der Waals surface area (Å²) in [4.78, 5) is 0. The number of hydrogen-bond donors (Lipinski definition) is 0. The summed E-state index contributed by atoms with van der Waals surface area (Å²) in [6.07, 6.45) is 6.96. The molecule has 0 saturated carbocycles. The van der Waals surface area contributed by atoms with Crippen molar-refractivity contribution in [2.45, 2.75) is 38.5 Å². The molecule has 1 nitrogen and oxygen atoms in total. The molecule has 0 aliphatic heterocycles. The highest BCUT2D eigenvalue weighted by Crippen LogP contribution is 2.21. The van der Waals surface area contributed by atoms with E-state index in [1.807, 2.05) is 0 Å². The summed E-state index contributed by atoms with van der Waals surface area (Å²) < 4.78 is 0. The van der Waals surface area contributed by atoms with E-state index in [0.717, 1.165) is 0 Å². The van der Waals surface area contributed by atoms with E-state index in [2.05, 4.69) is 24.3 Å². The topological polar surface area (TPSA) is 23.8 Å². The average Bonchev–Trinajstić information content (AvgIpc) is 2.42. The van der Waals surface area contributed by atoms with Crippen LogP contribution in [0, 0.1) is 11.3 Å². The van der Waals surface area contributed by atoms with Crippen molar-refractivity contribution in [3.63, 3.8) is 0 Å². The van der Waals surface area contributed by atoms with Crippen molar-refractivity contribution in [2.24, 2.45) is 0 Å². The molecule has 0 unspecified atom stereocenters. The Kier molecular flexibility index (Phi) is 2.84. The molecule has 0 spiro atoms. The molecular formula is C13H15N. The predicted octanol–water partition coefficient (Wildman–Crippen LogP) is 3.02. The fourth-order valence-electron chi connectivity index (χ4n) is 2.16. The van der Waals surface area contributed by atoms with Crippen LogP contribution in [0.1, 0.15) is 36.0 Å². The Morgan fingerprint density at radius 3 is 2.64 bits per heavy atom. The summed E-state index contributed by atoms with van der Waals surface area (Å²) in [7, 11) is 0. The standard InChI is InChI=1S/C13H15N/c14-9-8-11-6-7-12-4-2-1-3-5-13(12)10-11/h6-7,10H,1-5,8H2. The Morgan fingerprint density at radius 2 is 1.86 bits per heavy atom. The first-order valence-corrected chi connectivity index (χ1v) is 5.38. The lowest BCUT2D eigenvalue weighted by atomic mass is 9.99. The number of hydrogen-bond acceptors (Lipinski definition) is 1. The second kappa shape index (κ2) is 4.28. The van der Waals surface area contributed by atoms with Gasteiger partial charge in [0.05, 0.1) is 12.5 Å². The smallest absolute Gasteiger partial charge is 0.0669 e. The van der Waals surface area contributed by atoms with Crippen LogP contribution >= 0.6 is 0 Å². The van der Waals surface area contributed by atoms with Crippen LogP contribution in [0.3, 0.4) is 0 Å². The lowest BCUT2D eigenvalue weighted by Gasteiger charge is -2.06. The Hall–Kier alpha value is -1.29. The molecule has 0 radical (unpaired) electrons. The van der Waals surface area contributed by atoms with Crippen LogP contribution in [0.15, 0.2) is 18.2 Å². The first-order chi connectivity index (χ1) is 6.90. The Labute approximate surface area is 85.4 Å². The van der Waals surface area contributed by atoms with Crippen LogP contribution < -0.4 is 0 Å². The fourth-order valence-corrected chi connectivity index (χ4v) is 2.16. The third-order valence-electron chi connectivity index (χ3n) is 2.95. The highest BCUT2D eigenvalue weighted by Gasteiger charge is 2.07. The first kappa shape index (κ1) is 9.27. The molecule has 1 heteroatoms. The molecule has 72 valence electrons. The quantitative estimate of drug-likeness (QED) is 0.617. The molecule has 0 atom stereocenters. The molecule has 2 rings (SSSR count). The minimum Gasteiger partial charge on any atom is -0.198 e. The van der Waals surface area contributed by atoms with Crippen LogP contribution in [0.5, 0.6) is 0 Å². The summed E-state index contributed by atoms with van der Waals surface area (Å²) in [5.74, 6) is 0. The van der Waals surface area contributed by atoms with E-state index < -0.39 is 0 Å². The molecule has 1 aromatic carbocycles. The molecule has 0 bridgehead atoms. The SMILES string of the molecule is N#CCc1ccc2c(c1)CCCCC2. The van der Waals surface area contributed by atoms with Crippen molar-refractivity contribution in [3.8, 4) is 6.07 Å². The molecule has 0 amide bonds. The Balaban J connectivity index is 2.28. The highest BCUT2D eigenvalue weighted by molar-refractivity contribution is 5.34. The lowest BCUT2D eigenvalue weighted by molar-refractivity contribution is 0.711. The minimum atomic E-state index is 0.549. The van der Waals surface area contributed by atoms with Crippen LogP contribution in [0.2, 0.25) is 0 Å². The van der Waals surface area contributed by atoms with Gasteiger partial charge in [-0.3, -0.25) is 0 Å². The minimum absolute atomic E-state index is 0.549. The Bertz CT molecular complexity index is 360. The fraction of sp³-hybridized carbons (Fsp3) is 0.462. The van der Waals surface area contributed by atoms with Crippen molar-refractivity contribution in [2.75, 3.05) is 0 Å². The summed E-state index contributed by atoms with van der Waals surface area (Å²) in [6, 6.07) is 8.75. The van der Waals surface area contributed by atoms with Gasteiger partial charge in [0.2, 0.25) is 0 Å². The largest absolute Gasteiger partial charge is 0.198 e. The zero-order valence-electron chi connectivity index (χ0n) is 8.42. The molecule has 0 N–H and O–H groups in total. The molecule has 14 heavy (non-hydrogen) atoms. The molecule has 1 aliphatic carbocycles. The van der Waals surface area contributed by atoms with Crippen LogP contribution in [0.4, 0.5) is 0 Å². The normalized spacial score (nSPS) is 15.4. The predicted molar refractivity (Wildman–Crippen MR) is 57.0 cm³/mol. The summed E-state index contributed by atoms with van der Waals surface area (Å²) in [6.45, 7) is 0. The maximum Gasteiger partial charge on any atom is 0.0669 e. The van der Waals surface area contributed by atoms with Gasteiger partial charge in [0.25, 0.3) is 0 Å². The lowest BCUT2D eigenvalue weighted by Crippen LogP contribution is -1.93. The van der Waals surface area contributed by atoms with Crippen molar-refractivity contribution < 1.29 is 0 Å². The van der Waals surface area contributed by atoms with Crippen molar-refractivity contribution >= 4 is 0 Å². The summed E-state index contributed by atoms with van der Waals surface area (Å²) >= 11 is 0. The maximum absolute atomic E-state index is 8.63. The van der Waals surface area contributed by atoms with Crippen molar-refractivity contribution in [3.05, 3.63) is 34.9 Å². The van der Waals surface area contributed by atoms with Crippen LogP contribution in [-0.4, -0.2) is 0 Å². The molecule has 0 fully saturated rings. The highest BCUT2D eigenvalue weighted by atomic mass is 14.2. The maximum atomic E-state index is 8.63. The second-order valence-electron chi connectivity index (χ2n) is 4.00. The monoisotopic (exact) mass is 185 g/mol. The summed E-state index contributed by atoms with van der Waals surface area (Å²) in [5.41, 5.74) is 4.16. The van der Waals surface area contributed by atoms with Crippen molar-refractivity contribution in [1.29, 1.82) is 5.26 Å². The van der Waals surface area contributed by atoms with E-state index in [-0.39, 0.29) is 0 Å². The van der Waals surface area contributed by atoms with Gasteiger partial charge in [-0.15, -0.1) is 0 Å². The molecule has 0 aromatic heterocycles. The molecule has 1 aromatic rings. The zero-order chi connectivity index (χ0) is 9.80. The number of rotatable bonds is 1. The van der Waals surface area contributed by atoms with Gasteiger partial charge in [0, 0.05) is 0 Å². The average molecular weight is 185 g/mol. The molecule has 0 heterocycles. The number of nitriles is 1. The van der Waals surface area contributed by atoms with E-state index in [1.165, 1.54) is 48.8 Å². The molecule has 1 aliphatic rings. The second-order valence-corrected chi connectivity index (χ2v) is 4.00. The van der Waals surface area contributed by atoms with Crippen LogP contribution in [-0.2, 0) is 19.3 Å². The van der Waals surface area contributed by atoms with Gasteiger partial charge in [-0.25, -0.2) is 0 Å². The molecule has 0 saturated heterocycles. The van der Waals surface area contributed by atoms with Crippen molar-refractivity contribution in [1.82, 2.24) is 0 Å². The molecular weight excluding hydrogens is 170 g/mol. The van der Waals surface area contributed by atoms with Gasteiger partial charge in [-0.05, 0) is 42.4 Å². The van der Waals surface area contributed by atoms with Gasteiger partial charge < -0.3 is 0 Å². The number of benzene rings is 1. The van der Waals surface area contributed by atoms with Gasteiger partial charge in [0.15, 0.2) is 0 Å². The third-order valence-corrected chi connectivity index (χ3v) is 2.95. The van der Waals surface area contributed by atoms with Gasteiger partial charge in [0.1, 0.15) is 0 Å². The van der Waals surface area contributed by atoms with Crippen LogP contribution in [0.25, 0.3) is 0 Å². The summed E-state index contributed by atoms with van der Waals surface area (Å²) in [5, 5.41) is 8.63. The van der Waals surface area contributed by atoms with Gasteiger partial charge in [-0.2, -0.15) is 5.26 Å². The zero-order valence-corrected chi connectivity index (χ0v) is 8.42. The van der Waals surface area contributed by atoms with E-state index >= 15 is 0 Å². The number of fused-ring (bicyclic) bond motifs is 1.